The van der Waals surface area contributed by atoms with E-state index in [2.05, 4.69) is 9.47 Å². The van der Waals surface area contributed by atoms with Gasteiger partial charge < -0.3 is 9.47 Å². The van der Waals surface area contributed by atoms with Gasteiger partial charge in [-0.3, -0.25) is 0 Å². The normalized spacial score (nSPS) is 28.1. The minimum Gasteiger partial charge on any atom is -0.356 e. The van der Waals surface area contributed by atoms with Crippen molar-refractivity contribution < 1.29 is 19.1 Å². The van der Waals surface area contributed by atoms with E-state index in [9.17, 15) is 0 Å². The predicted molar refractivity (Wildman–Crippen MR) is 37.8 cm³/mol. The largest absolute Gasteiger partial charge is 0.356 e. The molecule has 0 bridgehead atoms. The monoisotopic (exact) mass is 159 g/mol. The maximum Gasteiger partial charge on any atom is 0.156 e. The van der Waals surface area contributed by atoms with Gasteiger partial charge in [0, 0.05) is 28.3 Å². The molecule has 0 atom stereocenters. The van der Waals surface area contributed by atoms with Crippen molar-refractivity contribution in [2.75, 3.05) is 20.1 Å². The van der Waals surface area contributed by atoms with Crippen LogP contribution < -0.4 is 0 Å². The number of methoxy groups -OCH3 is 2. The average Bonchev–Trinajstić information content (AvgIpc) is 2.14. The summed E-state index contributed by atoms with van der Waals surface area (Å²) in [7, 11) is 1.91. The fourth-order valence-corrected chi connectivity index (χ4v) is 0.307. The minimum atomic E-state index is -3.19. The van der Waals surface area contributed by atoms with Crippen LogP contribution in [0.25, 0.3) is 0 Å². The van der Waals surface area contributed by atoms with Gasteiger partial charge in [0.05, 0.1) is 1.37 Å². The SMILES string of the molecule is [2H]C([2H])(Cl)C([2H])([2H])C([2H])([2H])C([2H])(OC)OC. The molecular weight excluding hydrogens is 140 g/mol. The van der Waals surface area contributed by atoms with E-state index in [-0.39, 0.29) is 0 Å². The summed E-state index contributed by atoms with van der Waals surface area (Å²) in [5.41, 5.74) is 0. The Labute approximate surface area is 70.9 Å². The van der Waals surface area contributed by atoms with E-state index in [1.165, 1.54) is 0 Å². The highest BCUT2D eigenvalue weighted by molar-refractivity contribution is 6.17. The first-order valence-electron chi connectivity index (χ1n) is 5.66. The zero-order valence-corrected chi connectivity index (χ0v) is 5.95. The number of hydrogen-bond donors (Lipinski definition) is 0. The van der Waals surface area contributed by atoms with Crippen LogP contribution in [0.5, 0.6) is 0 Å². The third kappa shape index (κ3) is 4.70. The molecule has 0 saturated heterocycles. The third-order valence-electron chi connectivity index (χ3n) is 0.583. The number of rotatable bonds is 5. The second-order valence-electron chi connectivity index (χ2n) is 1.04. The van der Waals surface area contributed by atoms with Crippen molar-refractivity contribution in [1.29, 1.82) is 0 Å². The van der Waals surface area contributed by atoms with Crippen molar-refractivity contribution in [3.63, 3.8) is 0 Å². The summed E-state index contributed by atoms with van der Waals surface area (Å²) in [5.74, 6) is -3.01. The second-order valence-corrected chi connectivity index (χ2v) is 1.23. The summed E-state index contributed by atoms with van der Waals surface area (Å²) >= 11 is 5.15. The fraction of sp³-hybridized carbons (Fsp3) is 1.00. The number of ether oxygens (including phenoxy) is 2. The Balaban J connectivity index is 5.51. The first kappa shape index (κ1) is 2.68. The molecule has 3 heteroatoms. The van der Waals surface area contributed by atoms with Gasteiger partial charge in [0.15, 0.2) is 6.27 Å². The molecule has 56 valence electrons. The highest BCUT2D eigenvalue weighted by atomic mass is 35.5. The summed E-state index contributed by atoms with van der Waals surface area (Å²) in [5, 5.41) is 0. The maximum atomic E-state index is 7.47. The van der Waals surface area contributed by atoms with E-state index >= 15 is 0 Å². The lowest BCUT2D eigenvalue weighted by atomic mass is 10.3. The van der Waals surface area contributed by atoms with Crippen LogP contribution in [0.15, 0.2) is 0 Å². The van der Waals surface area contributed by atoms with Gasteiger partial charge in [0.1, 0.15) is 0 Å². The quantitative estimate of drug-likeness (QED) is 0.449. The molecule has 9 heavy (non-hydrogen) atoms. The second kappa shape index (κ2) is 6.33. The molecular formula is C6H13ClO2. The first-order valence-corrected chi connectivity index (χ1v) is 2.54. The average molecular weight is 160 g/mol. The Morgan fingerprint density at radius 1 is 1.67 bits per heavy atom. The van der Waals surface area contributed by atoms with Crippen molar-refractivity contribution in [3.05, 3.63) is 0 Å². The lowest BCUT2D eigenvalue weighted by Crippen LogP contribution is -2.12. The van der Waals surface area contributed by atoms with Crippen LogP contribution in [0.3, 0.4) is 0 Å². The van der Waals surface area contributed by atoms with Crippen molar-refractivity contribution >= 4 is 11.6 Å². The Morgan fingerprint density at radius 3 is 2.56 bits per heavy atom. The van der Waals surface area contributed by atoms with Crippen LogP contribution in [0, 0.1) is 0 Å². The molecule has 0 unspecified atom stereocenters. The molecule has 0 aliphatic heterocycles. The highest BCUT2D eigenvalue weighted by Crippen LogP contribution is 2.01. The van der Waals surface area contributed by atoms with Gasteiger partial charge in [-0.05, 0) is 12.7 Å². The fourth-order valence-electron chi connectivity index (χ4n) is 0.260. The van der Waals surface area contributed by atoms with Gasteiger partial charge in [0.2, 0.25) is 0 Å². The van der Waals surface area contributed by atoms with Crippen LogP contribution in [0.4, 0.5) is 0 Å². The lowest BCUT2D eigenvalue weighted by molar-refractivity contribution is -0.106. The molecule has 2 nitrogen and oxygen atoms in total. The first-order chi connectivity index (χ1) is 6.87. The van der Waals surface area contributed by atoms with Gasteiger partial charge in [-0.25, -0.2) is 0 Å². The standard InChI is InChI=1S/C6H13ClO2/c1-8-6(9-2)4-3-5-7/h6H,3-5H2,1-2H3/i3D2,4D2,5D2,6D. The smallest absolute Gasteiger partial charge is 0.156 e. The van der Waals surface area contributed by atoms with Gasteiger partial charge in [-0.2, -0.15) is 0 Å². The van der Waals surface area contributed by atoms with Crippen molar-refractivity contribution in [2.24, 2.45) is 0 Å². The Bertz CT molecular complexity index is 248. The number of alkyl halides is 1. The van der Waals surface area contributed by atoms with E-state index in [1.807, 2.05) is 0 Å². The molecule has 0 fully saturated rings. The Morgan fingerprint density at radius 2 is 2.22 bits per heavy atom. The van der Waals surface area contributed by atoms with E-state index < -0.39 is 24.8 Å². The molecule has 0 heterocycles. The summed E-state index contributed by atoms with van der Waals surface area (Å²) in [6.45, 7) is 0. The van der Waals surface area contributed by atoms with Crippen LogP contribution in [-0.2, 0) is 9.47 Å². The summed E-state index contributed by atoms with van der Waals surface area (Å²) in [6.07, 6.45) is -9.00. The van der Waals surface area contributed by atoms with Crippen LogP contribution in [-0.4, -0.2) is 26.3 Å². The van der Waals surface area contributed by atoms with Crippen molar-refractivity contribution in [2.45, 2.75) is 19.0 Å². The number of halogens is 1. The molecule has 0 aliphatic rings. The van der Waals surface area contributed by atoms with Crippen LogP contribution >= 0.6 is 11.6 Å². The van der Waals surface area contributed by atoms with E-state index in [0.29, 0.717) is 0 Å². The summed E-state index contributed by atoms with van der Waals surface area (Å²) in [4.78, 5) is 0. The third-order valence-corrected chi connectivity index (χ3v) is 0.677. The van der Waals surface area contributed by atoms with Gasteiger partial charge in [-0.15, -0.1) is 11.6 Å². The molecule has 0 saturated carbocycles. The molecule has 0 rings (SSSR count). The summed E-state index contributed by atoms with van der Waals surface area (Å²) in [6, 6.07) is 0. The summed E-state index contributed by atoms with van der Waals surface area (Å²) < 4.78 is 60.1. The molecule has 0 N–H and O–H groups in total. The molecule has 0 amide bonds. The lowest BCUT2D eigenvalue weighted by Gasteiger charge is -2.11. The van der Waals surface area contributed by atoms with E-state index in [1.54, 1.807) is 0 Å². The van der Waals surface area contributed by atoms with Crippen molar-refractivity contribution in [1.82, 2.24) is 0 Å². The van der Waals surface area contributed by atoms with Crippen LogP contribution in [0.1, 0.15) is 22.3 Å². The topological polar surface area (TPSA) is 18.5 Å². The van der Waals surface area contributed by atoms with Crippen molar-refractivity contribution in [3.8, 4) is 0 Å². The molecule has 0 aliphatic carbocycles. The molecule has 0 aromatic rings. The number of hydrogen-bond acceptors (Lipinski definition) is 2. The van der Waals surface area contributed by atoms with Gasteiger partial charge in [0.25, 0.3) is 0 Å². The molecule has 0 aromatic heterocycles. The Hall–Kier alpha value is 0.210. The maximum absolute atomic E-state index is 7.47. The zero-order chi connectivity index (χ0) is 13.4. The molecule has 0 aromatic carbocycles. The van der Waals surface area contributed by atoms with E-state index in [4.69, 9.17) is 21.2 Å². The Kier molecular flexibility index (Phi) is 1.89. The predicted octanol–water partition coefficient (Wildman–Crippen LogP) is 1.62. The van der Waals surface area contributed by atoms with Gasteiger partial charge in [-0.1, -0.05) is 0 Å². The minimum absolute atomic E-state index is 0.953. The zero-order valence-electron chi connectivity index (χ0n) is 12.2. The molecule has 0 spiro atoms. The van der Waals surface area contributed by atoms with Crippen LogP contribution in [0.2, 0.25) is 0 Å². The van der Waals surface area contributed by atoms with E-state index in [0.717, 1.165) is 14.2 Å². The highest BCUT2D eigenvalue weighted by Gasteiger charge is 2.01. The van der Waals surface area contributed by atoms with Gasteiger partial charge >= 0.3 is 0 Å². The molecule has 0 radical (unpaired) electrons.